The maximum Gasteiger partial charge on any atom is 0.124 e. The third-order valence-corrected chi connectivity index (χ3v) is 4.53. The summed E-state index contributed by atoms with van der Waals surface area (Å²) in [5.41, 5.74) is 7.28. The first-order valence-corrected chi connectivity index (χ1v) is 7.85. The highest BCUT2D eigenvalue weighted by molar-refractivity contribution is 5.88. The second-order valence-electron chi connectivity index (χ2n) is 5.84. The highest BCUT2D eigenvalue weighted by Gasteiger charge is 2.23. The standard InChI is InChI=1S/C18H24N2O/c1-21-17-11-10-13-6-2-5-9-15(13)18(17)16(12-19)20-14-7-3-4-8-14/h2,5-6,9-11,14,16,20H,3-4,7-8,12,19H2,1H3. The first-order chi connectivity index (χ1) is 10.3. The normalized spacial score (nSPS) is 17.2. The average Bonchev–Trinajstić information content (AvgIpc) is 3.04. The second-order valence-corrected chi connectivity index (χ2v) is 5.84. The van der Waals surface area contributed by atoms with Gasteiger partial charge in [-0.15, -0.1) is 0 Å². The number of ether oxygens (including phenoxy) is 1. The van der Waals surface area contributed by atoms with Gasteiger partial charge in [0, 0.05) is 24.2 Å². The maximum atomic E-state index is 6.08. The SMILES string of the molecule is COc1ccc2ccccc2c1C(CN)NC1CCCC1. The molecule has 3 rings (SSSR count). The van der Waals surface area contributed by atoms with Crippen molar-refractivity contribution in [2.45, 2.75) is 37.8 Å². The number of nitrogens with one attached hydrogen (secondary N) is 1. The molecule has 2 aromatic rings. The molecule has 1 unspecified atom stereocenters. The smallest absolute Gasteiger partial charge is 0.124 e. The maximum absolute atomic E-state index is 6.08. The number of benzene rings is 2. The second kappa shape index (κ2) is 6.46. The monoisotopic (exact) mass is 284 g/mol. The van der Waals surface area contributed by atoms with Gasteiger partial charge in [-0.2, -0.15) is 0 Å². The lowest BCUT2D eigenvalue weighted by Gasteiger charge is -2.25. The molecule has 21 heavy (non-hydrogen) atoms. The fourth-order valence-electron chi connectivity index (χ4n) is 3.46. The summed E-state index contributed by atoms with van der Waals surface area (Å²) in [5.74, 6) is 0.926. The van der Waals surface area contributed by atoms with Gasteiger partial charge in [0.1, 0.15) is 5.75 Å². The summed E-state index contributed by atoms with van der Waals surface area (Å²) in [6.45, 7) is 0.584. The number of methoxy groups -OCH3 is 1. The molecule has 0 radical (unpaired) electrons. The van der Waals surface area contributed by atoms with Crippen molar-refractivity contribution in [2.75, 3.05) is 13.7 Å². The zero-order valence-corrected chi connectivity index (χ0v) is 12.6. The molecule has 3 N–H and O–H groups in total. The zero-order valence-electron chi connectivity index (χ0n) is 12.6. The summed E-state index contributed by atoms with van der Waals surface area (Å²) in [7, 11) is 1.73. The molecule has 3 nitrogen and oxygen atoms in total. The Morgan fingerprint density at radius 3 is 2.67 bits per heavy atom. The molecule has 3 heteroatoms. The van der Waals surface area contributed by atoms with Crippen molar-refractivity contribution >= 4 is 10.8 Å². The number of nitrogens with two attached hydrogens (primary N) is 1. The minimum absolute atomic E-state index is 0.147. The van der Waals surface area contributed by atoms with E-state index in [0.29, 0.717) is 12.6 Å². The van der Waals surface area contributed by atoms with Crippen LogP contribution in [0.3, 0.4) is 0 Å². The summed E-state index contributed by atoms with van der Waals surface area (Å²) in [6.07, 6.45) is 5.15. The predicted molar refractivity (Wildman–Crippen MR) is 87.7 cm³/mol. The quantitative estimate of drug-likeness (QED) is 0.885. The summed E-state index contributed by atoms with van der Waals surface area (Å²) in [4.78, 5) is 0. The van der Waals surface area contributed by atoms with E-state index in [2.05, 4.69) is 41.7 Å². The van der Waals surface area contributed by atoms with Gasteiger partial charge in [0.05, 0.1) is 7.11 Å². The molecular weight excluding hydrogens is 260 g/mol. The fourth-order valence-corrected chi connectivity index (χ4v) is 3.46. The molecule has 1 aliphatic rings. The lowest BCUT2D eigenvalue weighted by atomic mass is 9.96. The van der Waals surface area contributed by atoms with Gasteiger partial charge in [0.2, 0.25) is 0 Å². The molecule has 0 heterocycles. The summed E-state index contributed by atoms with van der Waals surface area (Å²) < 4.78 is 5.61. The number of fused-ring (bicyclic) bond motifs is 1. The molecule has 0 spiro atoms. The number of hydrogen-bond donors (Lipinski definition) is 2. The molecule has 0 aliphatic heterocycles. The molecule has 0 aromatic heterocycles. The van der Waals surface area contributed by atoms with Crippen molar-refractivity contribution in [1.82, 2.24) is 5.32 Å². The van der Waals surface area contributed by atoms with E-state index in [-0.39, 0.29) is 6.04 Å². The Labute approximate surface area is 126 Å². The fraction of sp³-hybridized carbons (Fsp3) is 0.444. The van der Waals surface area contributed by atoms with Crippen molar-refractivity contribution in [3.05, 3.63) is 42.0 Å². The minimum atomic E-state index is 0.147. The van der Waals surface area contributed by atoms with Crippen molar-refractivity contribution in [2.24, 2.45) is 5.73 Å². The molecule has 1 saturated carbocycles. The van der Waals surface area contributed by atoms with E-state index in [9.17, 15) is 0 Å². The van der Waals surface area contributed by atoms with Crippen LogP contribution in [0.1, 0.15) is 37.3 Å². The Morgan fingerprint density at radius 1 is 1.19 bits per heavy atom. The first-order valence-electron chi connectivity index (χ1n) is 7.85. The summed E-state index contributed by atoms with van der Waals surface area (Å²) in [5, 5.41) is 6.21. The average molecular weight is 284 g/mol. The Morgan fingerprint density at radius 2 is 1.95 bits per heavy atom. The van der Waals surface area contributed by atoms with Gasteiger partial charge in [0.25, 0.3) is 0 Å². The van der Waals surface area contributed by atoms with Crippen LogP contribution in [0.2, 0.25) is 0 Å². The van der Waals surface area contributed by atoms with Crippen LogP contribution in [0.5, 0.6) is 5.75 Å². The molecule has 1 atom stereocenters. The molecule has 112 valence electrons. The van der Waals surface area contributed by atoms with Crippen LogP contribution in [-0.2, 0) is 0 Å². The molecule has 0 saturated heterocycles. The van der Waals surface area contributed by atoms with Crippen LogP contribution < -0.4 is 15.8 Å². The van der Waals surface area contributed by atoms with Gasteiger partial charge in [-0.1, -0.05) is 43.2 Å². The van der Waals surface area contributed by atoms with Crippen molar-refractivity contribution in [3.63, 3.8) is 0 Å². The van der Waals surface area contributed by atoms with Crippen LogP contribution in [0.15, 0.2) is 36.4 Å². The number of rotatable bonds is 5. The van der Waals surface area contributed by atoms with Crippen molar-refractivity contribution < 1.29 is 4.74 Å². The molecule has 0 bridgehead atoms. The van der Waals surface area contributed by atoms with E-state index >= 15 is 0 Å². The summed E-state index contributed by atoms with van der Waals surface area (Å²) in [6, 6.07) is 13.3. The lowest BCUT2D eigenvalue weighted by Crippen LogP contribution is -2.35. The van der Waals surface area contributed by atoms with E-state index in [4.69, 9.17) is 10.5 Å². The van der Waals surface area contributed by atoms with E-state index in [1.165, 1.54) is 42.0 Å². The van der Waals surface area contributed by atoms with Gasteiger partial charge in [-0.05, 0) is 29.7 Å². The molecule has 0 amide bonds. The molecule has 2 aromatic carbocycles. The largest absolute Gasteiger partial charge is 0.496 e. The van der Waals surface area contributed by atoms with Crippen molar-refractivity contribution in [1.29, 1.82) is 0 Å². The topological polar surface area (TPSA) is 47.3 Å². The van der Waals surface area contributed by atoms with Gasteiger partial charge in [-0.25, -0.2) is 0 Å². The van der Waals surface area contributed by atoms with Gasteiger partial charge >= 0.3 is 0 Å². The van der Waals surface area contributed by atoms with Gasteiger partial charge in [0.15, 0.2) is 0 Å². The lowest BCUT2D eigenvalue weighted by molar-refractivity contribution is 0.390. The Hall–Kier alpha value is -1.58. The summed E-state index contributed by atoms with van der Waals surface area (Å²) >= 11 is 0. The zero-order chi connectivity index (χ0) is 14.7. The van der Waals surface area contributed by atoms with E-state index < -0.39 is 0 Å². The Balaban J connectivity index is 2.02. The molecule has 1 aliphatic carbocycles. The van der Waals surface area contributed by atoms with Crippen LogP contribution in [0.4, 0.5) is 0 Å². The predicted octanol–water partition coefficient (Wildman–Crippen LogP) is 3.38. The molecular formula is C18H24N2O. The molecule has 1 fully saturated rings. The van der Waals surface area contributed by atoms with E-state index in [1.54, 1.807) is 7.11 Å². The van der Waals surface area contributed by atoms with E-state index in [1.807, 2.05) is 0 Å². The van der Waals surface area contributed by atoms with Crippen LogP contribution in [0.25, 0.3) is 10.8 Å². The first kappa shape index (κ1) is 14.4. The van der Waals surface area contributed by atoms with E-state index in [0.717, 1.165) is 5.75 Å². The van der Waals surface area contributed by atoms with Gasteiger partial charge < -0.3 is 15.8 Å². The van der Waals surface area contributed by atoms with Crippen LogP contribution >= 0.6 is 0 Å². The highest BCUT2D eigenvalue weighted by Crippen LogP contribution is 2.34. The third kappa shape index (κ3) is 2.89. The number of hydrogen-bond acceptors (Lipinski definition) is 3. The van der Waals surface area contributed by atoms with Crippen LogP contribution in [0, 0.1) is 0 Å². The highest BCUT2D eigenvalue weighted by atomic mass is 16.5. The Bertz CT molecular complexity index is 605. The Kier molecular flexibility index (Phi) is 4.42. The van der Waals surface area contributed by atoms with Gasteiger partial charge in [-0.3, -0.25) is 0 Å². The van der Waals surface area contributed by atoms with Crippen LogP contribution in [-0.4, -0.2) is 19.7 Å². The van der Waals surface area contributed by atoms with Crippen molar-refractivity contribution in [3.8, 4) is 5.75 Å². The minimum Gasteiger partial charge on any atom is -0.496 e. The third-order valence-electron chi connectivity index (χ3n) is 4.53.